The standard InChI is InChI=1S/C21H24N4O/c26-21(11-10-16-13-22-19-9-5-4-8-18(16)19)23-14-17-12-20(25-24-17)15-6-2-1-3-7-15/h1-9,13,17,20,22,24-25H,10-12,14H2,(H,23,26). The summed E-state index contributed by atoms with van der Waals surface area (Å²) >= 11 is 0. The van der Waals surface area contributed by atoms with E-state index >= 15 is 0 Å². The zero-order chi connectivity index (χ0) is 17.8. The average molecular weight is 348 g/mol. The van der Waals surface area contributed by atoms with Crippen LogP contribution in [0.1, 0.15) is 30.0 Å². The van der Waals surface area contributed by atoms with Crippen LogP contribution < -0.4 is 16.2 Å². The minimum Gasteiger partial charge on any atom is -0.361 e. The molecule has 0 aliphatic carbocycles. The van der Waals surface area contributed by atoms with Crippen LogP contribution in [0.2, 0.25) is 0 Å². The van der Waals surface area contributed by atoms with Gasteiger partial charge >= 0.3 is 0 Å². The first-order valence-corrected chi connectivity index (χ1v) is 9.17. The molecule has 26 heavy (non-hydrogen) atoms. The van der Waals surface area contributed by atoms with Crippen molar-refractivity contribution in [3.63, 3.8) is 0 Å². The smallest absolute Gasteiger partial charge is 0.220 e. The maximum absolute atomic E-state index is 12.2. The van der Waals surface area contributed by atoms with Gasteiger partial charge in [0, 0.05) is 42.1 Å². The molecule has 4 N–H and O–H groups in total. The van der Waals surface area contributed by atoms with Crippen molar-refractivity contribution >= 4 is 16.8 Å². The van der Waals surface area contributed by atoms with Crippen molar-refractivity contribution in [3.05, 3.63) is 71.9 Å². The number of rotatable bonds is 6. The number of H-pyrrole nitrogens is 1. The van der Waals surface area contributed by atoms with Gasteiger partial charge in [0.2, 0.25) is 5.91 Å². The maximum Gasteiger partial charge on any atom is 0.220 e. The number of fused-ring (bicyclic) bond motifs is 1. The first-order chi connectivity index (χ1) is 12.8. The number of hydrazine groups is 1. The van der Waals surface area contributed by atoms with E-state index < -0.39 is 0 Å². The van der Waals surface area contributed by atoms with Crippen molar-refractivity contribution < 1.29 is 4.79 Å². The first kappa shape index (κ1) is 16.8. The highest BCUT2D eigenvalue weighted by Crippen LogP contribution is 2.21. The number of benzene rings is 2. The lowest BCUT2D eigenvalue weighted by atomic mass is 10.0. The predicted octanol–water partition coefficient (Wildman–Crippen LogP) is 2.82. The van der Waals surface area contributed by atoms with E-state index in [-0.39, 0.29) is 11.9 Å². The van der Waals surface area contributed by atoms with Crippen LogP contribution in [0.4, 0.5) is 0 Å². The molecule has 0 radical (unpaired) electrons. The van der Waals surface area contributed by atoms with E-state index in [4.69, 9.17) is 0 Å². The van der Waals surface area contributed by atoms with Crippen LogP contribution in [0.5, 0.6) is 0 Å². The lowest BCUT2D eigenvalue weighted by Crippen LogP contribution is -2.40. The molecule has 2 aromatic carbocycles. The fraction of sp³-hybridized carbons (Fsp3) is 0.286. The van der Waals surface area contributed by atoms with Gasteiger partial charge in [-0.15, -0.1) is 0 Å². The van der Waals surface area contributed by atoms with Gasteiger partial charge in [-0.25, -0.2) is 5.43 Å². The molecule has 1 amide bonds. The summed E-state index contributed by atoms with van der Waals surface area (Å²) in [5, 5.41) is 4.26. The molecule has 1 fully saturated rings. The highest BCUT2D eigenvalue weighted by atomic mass is 16.1. The topological polar surface area (TPSA) is 69.0 Å². The summed E-state index contributed by atoms with van der Waals surface area (Å²) in [6, 6.07) is 19.1. The molecular weight excluding hydrogens is 324 g/mol. The van der Waals surface area contributed by atoms with E-state index in [9.17, 15) is 4.79 Å². The van der Waals surface area contributed by atoms with E-state index in [1.807, 2.05) is 24.4 Å². The SMILES string of the molecule is O=C(CCc1c[nH]c2ccccc12)NCC1CC(c2ccccc2)NN1. The molecular formula is C21H24N4O. The number of amides is 1. The van der Waals surface area contributed by atoms with Crippen LogP contribution in [0.25, 0.3) is 10.9 Å². The molecule has 2 unspecified atom stereocenters. The molecule has 0 spiro atoms. The third-order valence-electron chi connectivity index (χ3n) is 5.03. The Morgan fingerprint density at radius 1 is 1.04 bits per heavy atom. The zero-order valence-electron chi connectivity index (χ0n) is 14.7. The Balaban J connectivity index is 1.23. The van der Waals surface area contributed by atoms with Crippen LogP contribution in [0, 0.1) is 0 Å². The van der Waals surface area contributed by atoms with Crippen molar-refractivity contribution in [1.29, 1.82) is 0 Å². The van der Waals surface area contributed by atoms with E-state index in [2.05, 4.69) is 57.6 Å². The first-order valence-electron chi connectivity index (χ1n) is 9.17. The summed E-state index contributed by atoms with van der Waals surface area (Å²) < 4.78 is 0. The minimum absolute atomic E-state index is 0.0974. The van der Waals surface area contributed by atoms with Crippen LogP contribution in [0.3, 0.4) is 0 Å². The van der Waals surface area contributed by atoms with Crippen LogP contribution in [0.15, 0.2) is 60.8 Å². The molecule has 3 aromatic rings. The summed E-state index contributed by atoms with van der Waals surface area (Å²) in [7, 11) is 0. The number of carbonyl (C=O) groups is 1. The summed E-state index contributed by atoms with van der Waals surface area (Å²) in [6.45, 7) is 0.642. The van der Waals surface area contributed by atoms with E-state index in [1.165, 1.54) is 16.5 Å². The molecule has 0 saturated carbocycles. The fourth-order valence-corrected chi connectivity index (χ4v) is 3.57. The minimum atomic E-state index is 0.0974. The summed E-state index contributed by atoms with van der Waals surface area (Å²) in [5.74, 6) is 0.0974. The van der Waals surface area contributed by atoms with Crippen molar-refractivity contribution in [3.8, 4) is 0 Å². The molecule has 1 aromatic heterocycles. The Morgan fingerprint density at radius 2 is 1.85 bits per heavy atom. The van der Waals surface area contributed by atoms with Gasteiger partial charge in [-0.2, -0.15) is 0 Å². The van der Waals surface area contributed by atoms with E-state index in [0.29, 0.717) is 19.0 Å². The maximum atomic E-state index is 12.2. The molecule has 5 nitrogen and oxygen atoms in total. The van der Waals surface area contributed by atoms with Gasteiger partial charge < -0.3 is 10.3 Å². The van der Waals surface area contributed by atoms with E-state index in [0.717, 1.165) is 18.4 Å². The summed E-state index contributed by atoms with van der Waals surface area (Å²) in [5.41, 5.74) is 10.2. The van der Waals surface area contributed by atoms with Gasteiger partial charge in [0.1, 0.15) is 0 Å². The van der Waals surface area contributed by atoms with Gasteiger partial charge in [0.05, 0.1) is 0 Å². The number of carbonyl (C=O) groups excluding carboxylic acids is 1. The number of para-hydroxylation sites is 1. The van der Waals surface area contributed by atoms with Gasteiger partial charge in [0.25, 0.3) is 0 Å². The second-order valence-electron chi connectivity index (χ2n) is 6.85. The van der Waals surface area contributed by atoms with Crippen molar-refractivity contribution in [2.75, 3.05) is 6.54 Å². The number of aryl methyl sites for hydroxylation is 1. The number of hydrogen-bond acceptors (Lipinski definition) is 3. The predicted molar refractivity (Wildman–Crippen MR) is 103 cm³/mol. The number of nitrogens with one attached hydrogen (secondary N) is 4. The number of hydrogen-bond donors (Lipinski definition) is 4. The molecule has 1 aliphatic rings. The third kappa shape index (κ3) is 3.79. The highest BCUT2D eigenvalue weighted by Gasteiger charge is 2.24. The van der Waals surface area contributed by atoms with Crippen molar-refractivity contribution in [2.24, 2.45) is 0 Å². The molecule has 2 heterocycles. The van der Waals surface area contributed by atoms with Gasteiger partial charge in [-0.1, -0.05) is 48.5 Å². The zero-order valence-corrected chi connectivity index (χ0v) is 14.7. The monoisotopic (exact) mass is 348 g/mol. The normalized spacial score (nSPS) is 19.7. The molecule has 5 heteroatoms. The Kier molecular flexibility index (Phi) is 5.00. The lowest BCUT2D eigenvalue weighted by Gasteiger charge is -2.11. The Morgan fingerprint density at radius 3 is 2.73 bits per heavy atom. The Hall–Kier alpha value is -2.63. The van der Waals surface area contributed by atoms with Crippen LogP contribution >= 0.6 is 0 Å². The molecule has 134 valence electrons. The molecule has 4 rings (SSSR count). The van der Waals surface area contributed by atoms with Gasteiger partial charge in [-0.05, 0) is 30.0 Å². The van der Waals surface area contributed by atoms with E-state index in [1.54, 1.807) is 0 Å². The summed E-state index contributed by atoms with van der Waals surface area (Å²) in [4.78, 5) is 15.5. The largest absolute Gasteiger partial charge is 0.361 e. The highest BCUT2D eigenvalue weighted by molar-refractivity contribution is 5.84. The third-order valence-corrected chi connectivity index (χ3v) is 5.03. The molecule has 1 saturated heterocycles. The molecule has 0 bridgehead atoms. The Labute approximate surface area is 153 Å². The van der Waals surface area contributed by atoms with Crippen molar-refractivity contribution in [1.82, 2.24) is 21.2 Å². The second-order valence-corrected chi connectivity index (χ2v) is 6.85. The number of aromatic nitrogens is 1. The Bertz CT molecular complexity index is 874. The second kappa shape index (κ2) is 7.72. The molecule has 2 atom stereocenters. The van der Waals surface area contributed by atoms with Crippen molar-refractivity contribution in [2.45, 2.75) is 31.3 Å². The molecule has 1 aliphatic heterocycles. The number of aromatic amines is 1. The van der Waals surface area contributed by atoms with Crippen LogP contribution in [-0.4, -0.2) is 23.5 Å². The quantitative estimate of drug-likeness (QED) is 0.554. The summed E-state index contributed by atoms with van der Waals surface area (Å²) in [6.07, 6.45) is 4.22. The van der Waals surface area contributed by atoms with Gasteiger partial charge in [-0.3, -0.25) is 10.2 Å². The lowest BCUT2D eigenvalue weighted by molar-refractivity contribution is -0.121. The van der Waals surface area contributed by atoms with Crippen LogP contribution in [-0.2, 0) is 11.2 Å². The van der Waals surface area contributed by atoms with Gasteiger partial charge in [0.15, 0.2) is 0 Å². The fourth-order valence-electron chi connectivity index (χ4n) is 3.57. The average Bonchev–Trinajstić information content (AvgIpc) is 3.33.